The van der Waals surface area contributed by atoms with Crippen molar-refractivity contribution in [2.75, 3.05) is 23.3 Å². The zero-order valence-electron chi connectivity index (χ0n) is 18.3. The molecule has 1 aliphatic heterocycles. The lowest BCUT2D eigenvalue weighted by molar-refractivity contribution is -0.137. The summed E-state index contributed by atoms with van der Waals surface area (Å²) in [6, 6.07) is 9.57. The van der Waals surface area contributed by atoms with E-state index in [1.807, 2.05) is 4.90 Å². The third kappa shape index (κ3) is 4.95. The molecular formula is C24H22F4N4O2. The van der Waals surface area contributed by atoms with Crippen LogP contribution in [0.4, 0.5) is 28.9 Å². The molecule has 1 aromatic heterocycles. The number of amides is 1. The number of hydrogen-bond donors (Lipinski definition) is 1. The molecule has 1 amide bonds. The number of nitrogens with zero attached hydrogens (tertiary/aromatic N) is 3. The molecule has 3 aromatic rings. The van der Waals surface area contributed by atoms with Crippen LogP contribution in [-0.2, 0) is 6.18 Å². The number of aryl methyl sites for hydroxylation is 1. The molecule has 0 unspecified atom stereocenters. The predicted octanol–water partition coefficient (Wildman–Crippen LogP) is 4.94. The fourth-order valence-corrected chi connectivity index (χ4v) is 3.98. The van der Waals surface area contributed by atoms with Gasteiger partial charge in [0.25, 0.3) is 5.91 Å². The first-order chi connectivity index (χ1) is 16.1. The molecule has 0 atom stereocenters. The molecule has 0 saturated carbocycles. The molecule has 2 heterocycles. The van der Waals surface area contributed by atoms with Crippen molar-refractivity contribution >= 4 is 17.3 Å². The lowest BCUT2D eigenvalue weighted by atomic mass is 10.1. The molecule has 1 fully saturated rings. The second kappa shape index (κ2) is 9.28. The van der Waals surface area contributed by atoms with E-state index in [1.54, 1.807) is 6.07 Å². The van der Waals surface area contributed by atoms with Gasteiger partial charge >= 0.3 is 6.18 Å². The molecule has 10 heteroatoms. The van der Waals surface area contributed by atoms with Gasteiger partial charge in [0.05, 0.1) is 22.6 Å². The largest absolute Gasteiger partial charge is 0.416 e. The van der Waals surface area contributed by atoms with Gasteiger partial charge in [-0.3, -0.25) is 9.59 Å². The van der Waals surface area contributed by atoms with Crippen LogP contribution in [0, 0.1) is 12.7 Å². The lowest BCUT2D eigenvalue weighted by Crippen LogP contribution is -2.31. The fraction of sp³-hybridized carbons (Fsp3) is 0.292. The summed E-state index contributed by atoms with van der Waals surface area (Å²) in [5, 5.41) is 6.61. The highest BCUT2D eigenvalue weighted by atomic mass is 19.4. The van der Waals surface area contributed by atoms with E-state index in [9.17, 15) is 27.2 Å². The van der Waals surface area contributed by atoms with Crippen LogP contribution in [0.25, 0.3) is 5.69 Å². The Morgan fingerprint density at radius 1 is 1.03 bits per heavy atom. The van der Waals surface area contributed by atoms with E-state index >= 15 is 0 Å². The number of anilines is 2. The molecule has 6 nitrogen and oxygen atoms in total. The number of alkyl halides is 3. The Bertz CT molecular complexity index is 1280. The first-order valence-electron chi connectivity index (χ1n) is 10.8. The van der Waals surface area contributed by atoms with E-state index in [0.29, 0.717) is 5.69 Å². The second-order valence-corrected chi connectivity index (χ2v) is 8.12. The van der Waals surface area contributed by atoms with Gasteiger partial charge in [0, 0.05) is 24.8 Å². The first-order valence-corrected chi connectivity index (χ1v) is 10.8. The van der Waals surface area contributed by atoms with Crippen LogP contribution in [0.1, 0.15) is 41.0 Å². The number of aromatic nitrogens is 2. The third-order valence-corrected chi connectivity index (χ3v) is 5.64. The first kappa shape index (κ1) is 23.5. The van der Waals surface area contributed by atoms with E-state index in [4.69, 9.17) is 0 Å². The topological polar surface area (TPSA) is 67.2 Å². The number of nitrogens with one attached hydrogen (secondary N) is 1. The van der Waals surface area contributed by atoms with E-state index in [-0.39, 0.29) is 17.1 Å². The molecule has 1 aliphatic rings. The Morgan fingerprint density at radius 3 is 2.47 bits per heavy atom. The van der Waals surface area contributed by atoms with Crippen LogP contribution in [-0.4, -0.2) is 28.8 Å². The zero-order chi connectivity index (χ0) is 24.5. The van der Waals surface area contributed by atoms with E-state index in [2.05, 4.69) is 10.4 Å². The Kier molecular flexibility index (Phi) is 6.41. The van der Waals surface area contributed by atoms with E-state index in [0.717, 1.165) is 55.2 Å². The number of rotatable bonds is 4. The zero-order valence-corrected chi connectivity index (χ0v) is 18.3. The molecule has 4 rings (SSSR count). The van der Waals surface area contributed by atoms with Gasteiger partial charge < -0.3 is 10.2 Å². The van der Waals surface area contributed by atoms with Crippen LogP contribution in [0.5, 0.6) is 0 Å². The van der Waals surface area contributed by atoms with Gasteiger partial charge in [-0.15, -0.1) is 0 Å². The summed E-state index contributed by atoms with van der Waals surface area (Å²) in [5.74, 6) is -1.44. The molecule has 1 saturated heterocycles. The summed E-state index contributed by atoms with van der Waals surface area (Å²) in [7, 11) is 0. The third-order valence-electron chi connectivity index (χ3n) is 5.64. The molecular weight excluding hydrogens is 452 g/mol. The Labute approximate surface area is 192 Å². The lowest BCUT2D eigenvalue weighted by Gasteiger charge is -2.30. The van der Waals surface area contributed by atoms with E-state index in [1.165, 1.54) is 31.2 Å². The molecule has 34 heavy (non-hydrogen) atoms. The molecule has 2 aromatic carbocycles. The smallest absolute Gasteiger partial charge is 0.370 e. The summed E-state index contributed by atoms with van der Waals surface area (Å²) in [5.41, 5.74) is -0.992. The number of piperidine rings is 1. The minimum absolute atomic E-state index is 0.0427. The highest BCUT2D eigenvalue weighted by molar-refractivity contribution is 6.04. The molecule has 1 N–H and O–H groups in total. The summed E-state index contributed by atoms with van der Waals surface area (Å²) in [6.45, 7) is 3.00. The van der Waals surface area contributed by atoms with Crippen LogP contribution in [0.2, 0.25) is 0 Å². The fourth-order valence-electron chi connectivity index (χ4n) is 3.98. The summed E-state index contributed by atoms with van der Waals surface area (Å²) in [4.78, 5) is 27.6. The monoisotopic (exact) mass is 474 g/mol. The summed E-state index contributed by atoms with van der Waals surface area (Å²) in [6.07, 6.45) is -1.55. The highest BCUT2D eigenvalue weighted by Gasteiger charge is 2.30. The van der Waals surface area contributed by atoms with Crippen molar-refractivity contribution in [1.29, 1.82) is 0 Å². The SMILES string of the molecule is Cc1cc(=O)c(C(=O)Nc2cc(F)ccc2N2CCCCC2)nn1-c1cccc(C(F)(F)F)c1. The summed E-state index contributed by atoms with van der Waals surface area (Å²) >= 11 is 0. The van der Waals surface area contributed by atoms with Crippen LogP contribution in [0.3, 0.4) is 0 Å². The van der Waals surface area contributed by atoms with Crippen LogP contribution >= 0.6 is 0 Å². The minimum atomic E-state index is -4.56. The molecule has 0 bridgehead atoms. The van der Waals surface area contributed by atoms with Gasteiger partial charge in [0.2, 0.25) is 5.43 Å². The quantitative estimate of drug-likeness (QED) is 0.544. The maximum atomic E-state index is 14.0. The predicted molar refractivity (Wildman–Crippen MR) is 120 cm³/mol. The average molecular weight is 474 g/mol. The number of benzene rings is 2. The Morgan fingerprint density at radius 2 is 1.76 bits per heavy atom. The van der Waals surface area contributed by atoms with E-state index < -0.39 is 34.6 Å². The Hall–Kier alpha value is -3.69. The highest BCUT2D eigenvalue weighted by Crippen LogP contribution is 2.31. The average Bonchev–Trinajstić information content (AvgIpc) is 2.79. The van der Waals surface area contributed by atoms with Crippen molar-refractivity contribution in [3.8, 4) is 5.69 Å². The standard InChI is InChI=1S/C24H22F4N4O2/c1-15-12-21(33)22(30-32(15)18-7-5-6-16(13-18)24(26,27)28)23(34)29-19-14-17(25)8-9-20(19)31-10-3-2-4-11-31/h5-9,12-14H,2-4,10-11H2,1H3,(H,29,34). The Balaban J connectivity index is 1.70. The van der Waals surface area contributed by atoms with Gasteiger partial charge in [-0.2, -0.15) is 18.3 Å². The number of hydrogen-bond acceptors (Lipinski definition) is 4. The van der Waals surface area contributed by atoms with Gasteiger partial charge in [-0.25, -0.2) is 9.07 Å². The van der Waals surface area contributed by atoms with Gasteiger partial charge in [0.1, 0.15) is 5.82 Å². The maximum Gasteiger partial charge on any atom is 0.416 e. The van der Waals surface area contributed by atoms with Crippen molar-refractivity contribution < 1.29 is 22.4 Å². The van der Waals surface area contributed by atoms with Crippen molar-refractivity contribution in [2.24, 2.45) is 0 Å². The number of halogens is 4. The number of carbonyl (C=O) groups excluding carboxylic acids is 1. The summed E-state index contributed by atoms with van der Waals surface area (Å²) < 4.78 is 54.5. The number of carbonyl (C=O) groups is 1. The van der Waals surface area contributed by atoms with Gasteiger partial charge in [0.15, 0.2) is 5.69 Å². The van der Waals surface area contributed by atoms with Crippen LogP contribution < -0.4 is 15.6 Å². The normalized spacial score (nSPS) is 14.2. The van der Waals surface area contributed by atoms with Crippen molar-refractivity contribution in [3.63, 3.8) is 0 Å². The molecule has 0 spiro atoms. The molecule has 178 valence electrons. The minimum Gasteiger partial charge on any atom is -0.370 e. The van der Waals surface area contributed by atoms with Crippen molar-refractivity contribution in [1.82, 2.24) is 9.78 Å². The van der Waals surface area contributed by atoms with Gasteiger partial charge in [-0.1, -0.05) is 6.07 Å². The van der Waals surface area contributed by atoms with Crippen LogP contribution in [0.15, 0.2) is 53.3 Å². The van der Waals surface area contributed by atoms with Crippen molar-refractivity contribution in [2.45, 2.75) is 32.4 Å². The van der Waals surface area contributed by atoms with Gasteiger partial charge in [-0.05, 0) is 62.6 Å². The molecule has 0 radical (unpaired) electrons. The molecule has 0 aliphatic carbocycles. The maximum absolute atomic E-state index is 14.0. The second-order valence-electron chi connectivity index (χ2n) is 8.12. The van der Waals surface area contributed by atoms with Crippen molar-refractivity contribution in [3.05, 3.63) is 81.5 Å².